The summed E-state index contributed by atoms with van der Waals surface area (Å²) in [5.74, 6) is -0.0655. The van der Waals surface area contributed by atoms with Crippen LogP contribution in [0.3, 0.4) is 0 Å². The van der Waals surface area contributed by atoms with Crippen molar-refractivity contribution in [1.82, 2.24) is 15.1 Å². The lowest BCUT2D eigenvalue weighted by molar-refractivity contribution is -0.138. The molecule has 3 N–H and O–H groups in total. The van der Waals surface area contributed by atoms with E-state index < -0.39 is 29.3 Å². The second-order valence-corrected chi connectivity index (χ2v) is 12.2. The van der Waals surface area contributed by atoms with E-state index in [-0.39, 0.29) is 48.0 Å². The number of hydrogen-bond acceptors (Lipinski definition) is 7. The lowest BCUT2D eigenvalue weighted by Gasteiger charge is -2.36. The highest BCUT2D eigenvalue weighted by Crippen LogP contribution is 2.40. The van der Waals surface area contributed by atoms with Gasteiger partial charge in [-0.1, -0.05) is 18.5 Å². The molecule has 0 aliphatic carbocycles. The van der Waals surface area contributed by atoms with E-state index in [2.05, 4.69) is 5.32 Å². The number of nitrogens with two attached hydrogens (primary N) is 1. The molecule has 2 aromatic rings. The van der Waals surface area contributed by atoms with Crippen molar-refractivity contribution in [1.29, 1.82) is 5.26 Å². The summed E-state index contributed by atoms with van der Waals surface area (Å²) in [6, 6.07) is 7.82. The van der Waals surface area contributed by atoms with Crippen LogP contribution in [0.1, 0.15) is 60.3 Å². The van der Waals surface area contributed by atoms with Crippen LogP contribution in [0.2, 0.25) is 5.02 Å². The monoisotopic (exact) mass is 611 g/mol. The van der Waals surface area contributed by atoms with Crippen LogP contribution in [0.4, 0.5) is 23.7 Å². The molecule has 1 saturated heterocycles. The second kappa shape index (κ2) is 13.2. The van der Waals surface area contributed by atoms with Crippen LogP contribution < -0.4 is 11.1 Å². The minimum atomic E-state index is -4.80. The predicted octanol–water partition coefficient (Wildman–Crippen LogP) is 5.91. The van der Waals surface area contributed by atoms with Crippen LogP contribution >= 0.6 is 23.4 Å². The van der Waals surface area contributed by atoms with Crippen LogP contribution in [0.25, 0.3) is 0 Å². The minimum Gasteiger partial charge on any atom is -0.444 e. The Morgan fingerprint density at radius 1 is 1.17 bits per heavy atom. The molecule has 0 radical (unpaired) electrons. The van der Waals surface area contributed by atoms with Gasteiger partial charge in [-0.2, -0.15) is 18.4 Å². The van der Waals surface area contributed by atoms with Crippen molar-refractivity contribution in [3.8, 4) is 6.07 Å². The number of hydrogen-bond donors (Lipinski definition) is 2. The average Bonchev–Trinajstić information content (AvgIpc) is 2.89. The van der Waals surface area contributed by atoms with E-state index in [1.807, 2.05) is 13.0 Å². The van der Waals surface area contributed by atoms with Gasteiger partial charge in [0.05, 0.1) is 33.5 Å². The summed E-state index contributed by atoms with van der Waals surface area (Å²) in [6.07, 6.45) is -5.28. The number of benzene rings is 2. The van der Waals surface area contributed by atoms with Crippen LogP contribution in [0.5, 0.6) is 0 Å². The highest BCUT2D eigenvalue weighted by Gasteiger charge is 2.37. The lowest BCUT2D eigenvalue weighted by Crippen LogP contribution is -2.49. The van der Waals surface area contributed by atoms with Crippen LogP contribution in [0.15, 0.2) is 29.2 Å². The van der Waals surface area contributed by atoms with Crippen molar-refractivity contribution in [2.45, 2.75) is 57.5 Å². The second-order valence-electron chi connectivity index (χ2n) is 10.5. The molecule has 0 saturated carbocycles. The van der Waals surface area contributed by atoms with E-state index in [1.54, 1.807) is 43.9 Å². The van der Waals surface area contributed by atoms with Crippen LogP contribution in [-0.4, -0.2) is 59.3 Å². The molecule has 0 atom stereocenters. The number of amides is 2. The molecule has 3 rings (SSSR count). The van der Waals surface area contributed by atoms with Gasteiger partial charge in [-0.3, -0.25) is 9.69 Å². The third kappa shape index (κ3) is 8.44. The molecular formula is C28H33ClF3N5O3S. The van der Waals surface area contributed by atoms with E-state index in [0.717, 1.165) is 16.7 Å². The van der Waals surface area contributed by atoms with E-state index in [1.165, 1.54) is 16.7 Å². The number of carbonyl (C=O) groups is 2. The van der Waals surface area contributed by atoms with Gasteiger partial charge >= 0.3 is 12.3 Å². The van der Waals surface area contributed by atoms with Crippen LogP contribution in [-0.2, 0) is 24.0 Å². The number of ether oxygens (including phenoxy) is 1. The molecule has 0 unspecified atom stereocenters. The fourth-order valence-corrected chi connectivity index (χ4v) is 5.35. The number of nitrogens with zero attached hydrogens (tertiary/aromatic N) is 3. The Morgan fingerprint density at radius 2 is 1.83 bits per heavy atom. The Hall–Kier alpha value is -3.14. The highest BCUT2D eigenvalue weighted by molar-refractivity contribution is 7.99. The number of piperazine rings is 1. The predicted molar refractivity (Wildman–Crippen MR) is 153 cm³/mol. The van der Waals surface area contributed by atoms with Crippen molar-refractivity contribution in [2.24, 2.45) is 0 Å². The van der Waals surface area contributed by atoms with Gasteiger partial charge in [-0.25, -0.2) is 4.79 Å². The fraction of sp³-hybridized carbons (Fsp3) is 0.464. The number of anilines is 1. The lowest BCUT2D eigenvalue weighted by atomic mass is 9.99. The maximum absolute atomic E-state index is 14.2. The zero-order valence-electron chi connectivity index (χ0n) is 23.3. The minimum absolute atomic E-state index is 0.0151. The first kappa shape index (κ1) is 32.4. The molecular weight excluding hydrogens is 579 g/mol. The van der Waals surface area contributed by atoms with Gasteiger partial charge < -0.3 is 20.7 Å². The molecule has 222 valence electrons. The van der Waals surface area contributed by atoms with Gasteiger partial charge in [0.1, 0.15) is 5.60 Å². The van der Waals surface area contributed by atoms with Crippen LogP contribution in [0, 0.1) is 11.3 Å². The molecule has 1 aliphatic heterocycles. The molecule has 2 amide bonds. The molecule has 0 spiro atoms. The van der Waals surface area contributed by atoms with Crippen molar-refractivity contribution in [3.05, 3.63) is 57.1 Å². The van der Waals surface area contributed by atoms with E-state index in [9.17, 15) is 28.0 Å². The maximum Gasteiger partial charge on any atom is 0.416 e. The Bertz CT molecular complexity index is 1330. The quantitative estimate of drug-likeness (QED) is 0.296. The SMILES string of the molecule is CCSc1ccc(C#N)cc1CNC(=O)c1cc(C(F)(F)F)c(CN2CCN(C(=O)OC(C)(C)C)CC2)c(Cl)c1N. The number of halogens is 4. The molecule has 8 nitrogen and oxygen atoms in total. The Kier molecular flexibility index (Phi) is 10.4. The van der Waals surface area contributed by atoms with Crippen molar-refractivity contribution >= 4 is 41.1 Å². The van der Waals surface area contributed by atoms with Crippen molar-refractivity contribution in [2.75, 3.05) is 37.7 Å². The maximum atomic E-state index is 14.2. The smallest absolute Gasteiger partial charge is 0.416 e. The molecule has 41 heavy (non-hydrogen) atoms. The number of nitrogens with one attached hydrogen (secondary N) is 1. The molecule has 1 fully saturated rings. The molecule has 1 aliphatic rings. The zero-order valence-corrected chi connectivity index (χ0v) is 24.9. The number of carbonyl (C=O) groups excluding carboxylic acids is 2. The summed E-state index contributed by atoms with van der Waals surface area (Å²) in [7, 11) is 0. The standard InChI is InChI=1S/C28H33ClF3N5O3S/c1-5-41-22-7-6-17(14-33)12-18(22)15-35-25(38)19-13-21(28(30,31)32)20(23(29)24(19)34)16-36-8-10-37(11-9-36)26(39)40-27(2,3)4/h6-7,12-13H,5,8-11,15-16,34H2,1-4H3,(H,35,38). The summed E-state index contributed by atoms with van der Waals surface area (Å²) in [4.78, 5) is 29.5. The van der Waals surface area contributed by atoms with Gasteiger partial charge in [0.2, 0.25) is 0 Å². The topological polar surface area (TPSA) is 112 Å². The zero-order chi connectivity index (χ0) is 30.5. The first-order chi connectivity index (χ1) is 19.1. The van der Waals surface area contributed by atoms with Gasteiger partial charge in [0.25, 0.3) is 5.91 Å². The third-order valence-electron chi connectivity index (χ3n) is 6.29. The average molecular weight is 612 g/mol. The Morgan fingerprint density at radius 3 is 2.39 bits per heavy atom. The van der Waals surface area contributed by atoms with Crippen molar-refractivity contribution in [3.63, 3.8) is 0 Å². The van der Waals surface area contributed by atoms with Gasteiger partial charge in [0.15, 0.2) is 0 Å². The summed E-state index contributed by atoms with van der Waals surface area (Å²) in [5, 5.41) is 11.5. The molecule has 0 bridgehead atoms. The number of thioether (sulfide) groups is 1. The number of nitrogen functional groups attached to an aromatic ring is 1. The summed E-state index contributed by atoms with van der Waals surface area (Å²) in [6.45, 7) is 8.18. The molecule has 13 heteroatoms. The first-order valence-electron chi connectivity index (χ1n) is 13.0. The van der Waals surface area contributed by atoms with E-state index in [0.29, 0.717) is 24.2 Å². The number of alkyl halides is 3. The van der Waals surface area contributed by atoms with E-state index in [4.69, 9.17) is 22.1 Å². The van der Waals surface area contributed by atoms with Gasteiger partial charge in [-0.15, -0.1) is 11.8 Å². The summed E-state index contributed by atoms with van der Waals surface area (Å²) >= 11 is 7.91. The first-order valence-corrected chi connectivity index (χ1v) is 14.3. The summed E-state index contributed by atoms with van der Waals surface area (Å²) in [5.41, 5.74) is 4.59. The van der Waals surface area contributed by atoms with E-state index >= 15 is 0 Å². The molecule has 2 aromatic carbocycles. The normalized spacial score (nSPS) is 14.5. The van der Waals surface area contributed by atoms with Gasteiger partial charge in [0, 0.05) is 44.2 Å². The Labute approximate surface area is 246 Å². The third-order valence-corrected chi connectivity index (χ3v) is 7.72. The Balaban J connectivity index is 1.80. The largest absolute Gasteiger partial charge is 0.444 e. The fourth-order valence-electron chi connectivity index (χ4n) is 4.30. The molecule has 1 heterocycles. The highest BCUT2D eigenvalue weighted by atomic mass is 35.5. The van der Waals surface area contributed by atoms with Gasteiger partial charge in [-0.05, 0) is 61.9 Å². The van der Waals surface area contributed by atoms with Crippen molar-refractivity contribution < 1.29 is 27.5 Å². The number of rotatable bonds is 7. The summed E-state index contributed by atoms with van der Waals surface area (Å²) < 4.78 is 48.0. The molecule has 0 aromatic heterocycles. The number of nitriles is 1.